The van der Waals surface area contributed by atoms with E-state index in [0.717, 1.165) is 42.9 Å². The average molecular weight is 335 g/mol. The van der Waals surface area contributed by atoms with Gasteiger partial charge >= 0.3 is 0 Å². The van der Waals surface area contributed by atoms with Gasteiger partial charge in [0.15, 0.2) is 0 Å². The first kappa shape index (κ1) is 20.3. The van der Waals surface area contributed by atoms with Gasteiger partial charge in [-0.2, -0.15) is 0 Å². The van der Waals surface area contributed by atoms with Crippen molar-refractivity contribution in [1.82, 2.24) is 9.80 Å². The van der Waals surface area contributed by atoms with Crippen LogP contribution in [0.1, 0.15) is 32.3 Å². The van der Waals surface area contributed by atoms with E-state index in [1.165, 1.54) is 0 Å². The summed E-state index contributed by atoms with van der Waals surface area (Å²) in [6.07, 6.45) is 1.76. The Morgan fingerprint density at radius 2 is 1.71 bits per heavy atom. The lowest BCUT2D eigenvalue weighted by Crippen LogP contribution is -2.39. The maximum Gasteiger partial charge on any atom is 0.226 e. The highest BCUT2D eigenvalue weighted by Crippen LogP contribution is 2.24. The molecule has 24 heavy (non-hydrogen) atoms. The van der Waals surface area contributed by atoms with E-state index in [0.29, 0.717) is 6.54 Å². The van der Waals surface area contributed by atoms with E-state index in [1.807, 2.05) is 51.3 Å². The molecule has 0 atom stereocenters. The van der Waals surface area contributed by atoms with Crippen LogP contribution < -0.4 is 10.6 Å². The van der Waals surface area contributed by atoms with E-state index in [-0.39, 0.29) is 11.8 Å². The lowest BCUT2D eigenvalue weighted by Gasteiger charge is -2.29. The first-order chi connectivity index (χ1) is 11.3. The quantitative estimate of drug-likeness (QED) is 0.706. The number of amides is 1. The summed E-state index contributed by atoms with van der Waals surface area (Å²) in [4.78, 5) is 19.1. The van der Waals surface area contributed by atoms with Gasteiger partial charge in [-0.1, -0.05) is 13.8 Å². The third-order valence-corrected chi connectivity index (χ3v) is 4.41. The highest BCUT2D eigenvalue weighted by molar-refractivity contribution is 5.79. The Morgan fingerprint density at radius 3 is 2.21 bits per heavy atom. The van der Waals surface area contributed by atoms with Gasteiger partial charge in [0.25, 0.3) is 0 Å². The summed E-state index contributed by atoms with van der Waals surface area (Å²) in [7, 11) is 8.10. The molecular weight excluding hydrogens is 300 g/mol. The van der Waals surface area contributed by atoms with Crippen molar-refractivity contribution in [1.29, 1.82) is 0 Å². The molecule has 0 bridgehead atoms. The van der Waals surface area contributed by atoms with Crippen LogP contribution in [0.4, 0.5) is 11.4 Å². The van der Waals surface area contributed by atoms with Gasteiger partial charge in [0.1, 0.15) is 0 Å². The highest BCUT2D eigenvalue weighted by Gasteiger charge is 2.22. The maximum atomic E-state index is 13.0. The second-order valence-electron chi connectivity index (χ2n) is 6.86. The number of hydrogen-bond acceptors (Lipinski definition) is 4. The summed E-state index contributed by atoms with van der Waals surface area (Å²) in [6.45, 7) is 6.35. The standard InChI is InChI=1S/C19H34N4O/c1-7-15(8-2)19(24)23(12-11-21(3)4)14-16-13-17(20)9-10-18(16)22(5)6/h9-10,13,15H,7-8,11-12,14,20H2,1-6H3. The molecule has 1 rings (SSSR count). The number of likely N-dealkylation sites (N-methyl/N-ethyl adjacent to an activating group) is 1. The molecule has 1 amide bonds. The van der Waals surface area contributed by atoms with Crippen molar-refractivity contribution in [3.05, 3.63) is 23.8 Å². The second-order valence-corrected chi connectivity index (χ2v) is 6.86. The molecule has 0 aliphatic carbocycles. The van der Waals surface area contributed by atoms with Crippen molar-refractivity contribution in [2.24, 2.45) is 5.92 Å². The molecule has 5 heteroatoms. The van der Waals surface area contributed by atoms with Crippen LogP contribution in [0.3, 0.4) is 0 Å². The average Bonchev–Trinajstić information content (AvgIpc) is 2.51. The predicted octanol–water partition coefficient (Wildman–Crippen LogP) is 2.66. The van der Waals surface area contributed by atoms with Crippen LogP contribution in [0.5, 0.6) is 0 Å². The van der Waals surface area contributed by atoms with Crippen molar-refractivity contribution in [2.45, 2.75) is 33.2 Å². The van der Waals surface area contributed by atoms with E-state index < -0.39 is 0 Å². The number of anilines is 2. The van der Waals surface area contributed by atoms with Crippen LogP contribution in [0, 0.1) is 5.92 Å². The summed E-state index contributed by atoms with van der Waals surface area (Å²) >= 11 is 0. The predicted molar refractivity (Wildman–Crippen MR) is 103 cm³/mol. The largest absolute Gasteiger partial charge is 0.399 e. The SMILES string of the molecule is CCC(CC)C(=O)N(CCN(C)C)Cc1cc(N)ccc1N(C)C. The number of nitrogens with two attached hydrogens (primary N) is 1. The molecule has 0 heterocycles. The molecule has 0 radical (unpaired) electrons. The van der Waals surface area contributed by atoms with E-state index in [1.54, 1.807) is 0 Å². The fourth-order valence-electron chi connectivity index (χ4n) is 2.86. The highest BCUT2D eigenvalue weighted by atomic mass is 16.2. The van der Waals surface area contributed by atoms with E-state index >= 15 is 0 Å². The van der Waals surface area contributed by atoms with Crippen molar-refractivity contribution in [2.75, 3.05) is 51.9 Å². The molecule has 136 valence electrons. The summed E-state index contributed by atoms with van der Waals surface area (Å²) in [5, 5.41) is 0. The third kappa shape index (κ3) is 5.71. The van der Waals surface area contributed by atoms with Crippen LogP contribution in [0.25, 0.3) is 0 Å². The normalized spacial score (nSPS) is 11.2. The molecule has 0 saturated heterocycles. The zero-order valence-corrected chi connectivity index (χ0v) is 16.2. The summed E-state index contributed by atoms with van der Waals surface area (Å²) in [6, 6.07) is 5.92. The minimum absolute atomic E-state index is 0.0935. The lowest BCUT2D eigenvalue weighted by molar-refractivity contribution is -0.136. The van der Waals surface area contributed by atoms with Gasteiger partial charge in [0, 0.05) is 51.0 Å². The Kier molecular flexibility index (Phi) is 8.05. The monoisotopic (exact) mass is 334 g/mol. The van der Waals surface area contributed by atoms with Gasteiger partial charge in [0.2, 0.25) is 5.91 Å². The fourth-order valence-corrected chi connectivity index (χ4v) is 2.86. The smallest absolute Gasteiger partial charge is 0.226 e. The third-order valence-electron chi connectivity index (χ3n) is 4.41. The molecular formula is C19H34N4O. The van der Waals surface area contributed by atoms with Crippen LogP contribution in [-0.4, -0.2) is 57.0 Å². The number of nitrogens with zero attached hydrogens (tertiary/aromatic N) is 3. The topological polar surface area (TPSA) is 52.8 Å². The number of carbonyl (C=O) groups is 1. The number of nitrogen functional groups attached to an aromatic ring is 1. The van der Waals surface area contributed by atoms with Crippen LogP contribution in [-0.2, 0) is 11.3 Å². The lowest BCUT2D eigenvalue weighted by atomic mass is 10.0. The fraction of sp³-hybridized carbons (Fsp3) is 0.632. The maximum absolute atomic E-state index is 13.0. The number of hydrogen-bond donors (Lipinski definition) is 1. The Morgan fingerprint density at radius 1 is 1.08 bits per heavy atom. The summed E-state index contributed by atoms with van der Waals surface area (Å²) < 4.78 is 0. The molecule has 0 aliphatic rings. The van der Waals surface area contributed by atoms with Gasteiger partial charge < -0.3 is 20.4 Å². The van der Waals surface area contributed by atoms with Gasteiger partial charge in [-0.05, 0) is 50.7 Å². The van der Waals surface area contributed by atoms with Gasteiger partial charge in [-0.25, -0.2) is 0 Å². The number of benzene rings is 1. The van der Waals surface area contributed by atoms with E-state index in [2.05, 4.69) is 23.6 Å². The zero-order valence-electron chi connectivity index (χ0n) is 16.2. The molecule has 0 aliphatic heterocycles. The molecule has 1 aromatic carbocycles. The molecule has 0 spiro atoms. The first-order valence-electron chi connectivity index (χ1n) is 8.79. The summed E-state index contributed by atoms with van der Waals surface area (Å²) in [5.41, 5.74) is 8.92. The van der Waals surface area contributed by atoms with Crippen LogP contribution >= 0.6 is 0 Å². The van der Waals surface area contributed by atoms with Crippen molar-refractivity contribution in [3.8, 4) is 0 Å². The molecule has 2 N–H and O–H groups in total. The first-order valence-corrected chi connectivity index (χ1v) is 8.79. The molecule has 0 aromatic heterocycles. The Hall–Kier alpha value is -1.75. The van der Waals surface area contributed by atoms with Crippen LogP contribution in [0.2, 0.25) is 0 Å². The van der Waals surface area contributed by atoms with Crippen LogP contribution in [0.15, 0.2) is 18.2 Å². The van der Waals surface area contributed by atoms with Crippen molar-refractivity contribution < 1.29 is 4.79 Å². The minimum atomic E-state index is 0.0935. The Bertz CT molecular complexity index is 524. The Balaban J connectivity index is 3.08. The molecule has 1 aromatic rings. The Labute approximate surface area is 147 Å². The van der Waals surface area contributed by atoms with Gasteiger partial charge in [-0.15, -0.1) is 0 Å². The minimum Gasteiger partial charge on any atom is -0.399 e. The number of rotatable bonds is 9. The zero-order chi connectivity index (χ0) is 18.3. The molecule has 0 unspecified atom stereocenters. The second kappa shape index (κ2) is 9.52. The summed E-state index contributed by atoms with van der Waals surface area (Å²) in [5.74, 6) is 0.338. The van der Waals surface area contributed by atoms with E-state index in [4.69, 9.17) is 5.73 Å². The molecule has 0 saturated carbocycles. The molecule has 0 fully saturated rings. The van der Waals surface area contributed by atoms with Gasteiger partial charge in [-0.3, -0.25) is 4.79 Å². The van der Waals surface area contributed by atoms with E-state index in [9.17, 15) is 4.79 Å². The molecule has 5 nitrogen and oxygen atoms in total. The van der Waals surface area contributed by atoms with Crippen molar-refractivity contribution >= 4 is 17.3 Å². The number of carbonyl (C=O) groups excluding carboxylic acids is 1. The van der Waals surface area contributed by atoms with Gasteiger partial charge in [0.05, 0.1) is 0 Å². The van der Waals surface area contributed by atoms with Crippen molar-refractivity contribution in [3.63, 3.8) is 0 Å².